The van der Waals surface area contributed by atoms with Gasteiger partial charge in [-0.2, -0.15) is 10.2 Å². The molecule has 0 spiro atoms. The lowest BCUT2D eigenvalue weighted by atomic mass is 10.2. The zero-order chi connectivity index (χ0) is 8.39. The molecule has 2 N–H and O–H groups in total. The predicted octanol–water partition coefficient (Wildman–Crippen LogP) is 0.483. The van der Waals surface area contributed by atoms with Crippen LogP contribution in [0.3, 0.4) is 0 Å². The molecule has 0 aliphatic carbocycles. The van der Waals surface area contributed by atoms with Crippen LogP contribution in [0.15, 0.2) is 24.5 Å². The zero-order valence-electron chi connectivity index (χ0n) is 6.44. The van der Waals surface area contributed by atoms with Crippen LogP contribution in [0.2, 0.25) is 0 Å². The summed E-state index contributed by atoms with van der Waals surface area (Å²) in [5, 5.41) is 8.68. The standard InChI is InChI=1S/C8H8N4/c9-4-7-6-2-1-3-10-8(6)5-11-12-7/h1-3,5H,4,9H2. The molecule has 4 heteroatoms. The van der Waals surface area contributed by atoms with E-state index in [2.05, 4.69) is 15.2 Å². The minimum Gasteiger partial charge on any atom is -0.325 e. The van der Waals surface area contributed by atoms with Gasteiger partial charge in [-0.25, -0.2) is 0 Å². The van der Waals surface area contributed by atoms with E-state index in [0.29, 0.717) is 6.54 Å². The Labute approximate surface area is 69.4 Å². The topological polar surface area (TPSA) is 64.7 Å². The number of pyridine rings is 1. The van der Waals surface area contributed by atoms with E-state index >= 15 is 0 Å². The maximum atomic E-state index is 5.49. The average Bonchev–Trinajstić information content (AvgIpc) is 2.17. The molecule has 0 fully saturated rings. The first kappa shape index (κ1) is 7.12. The van der Waals surface area contributed by atoms with Gasteiger partial charge in [0.2, 0.25) is 0 Å². The van der Waals surface area contributed by atoms with Gasteiger partial charge in [-0.1, -0.05) is 0 Å². The molecule has 2 rings (SSSR count). The Morgan fingerprint density at radius 2 is 2.33 bits per heavy atom. The van der Waals surface area contributed by atoms with Crippen LogP contribution in [0, 0.1) is 0 Å². The molecular weight excluding hydrogens is 152 g/mol. The van der Waals surface area contributed by atoms with Crippen molar-refractivity contribution in [1.82, 2.24) is 15.2 Å². The fraction of sp³-hybridized carbons (Fsp3) is 0.125. The zero-order valence-corrected chi connectivity index (χ0v) is 6.44. The Bertz CT molecular complexity index is 394. The van der Waals surface area contributed by atoms with E-state index in [0.717, 1.165) is 16.6 Å². The smallest absolute Gasteiger partial charge is 0.0922 e. The van der Waals surface area contributed by atoms with E-state index in [-0.39, 0.29) is 0 Å². The van der Waals surface area contributed by atoms with Crippen molar-refractivity contribution in [2.45, 2.75) is 6.54 Å². The fourth-order valence-corrected chi connectivity index (χ4v) is 1.12. The average molecular weight is 160 g/mol. The number of nitrogens with two attached hydrogens (primary N) is 1. The van der Waals surface area contributed by atoms with E-state index in [9.17, 15) is 0 Å². The van der Waals surface area contributed by atoms with Crippen LogP contribution in [-0.2, 0) is 6.54 Å². The summed E-state index contributed by atoms with van der Waals surface area (Å²) in [6, 6.07) is 3.81. The SMILES string of the molecule is NCc1nncc2ncccc12. The van der Waals surface area contributed by atoms with Crippen LogP contribution in [0.5, 0.6) is 0 Å². The molecule has 0 saturated heterocycles. The highest BCUT2D eigenvalue weighted by molar-refractivity contribution is 5.79. The summed E-state index contributed by atoms with van der Waals surface area (Å²) >= 11 is 0. The summed E-state index contributed by atoms with van der Waals surface area (Å²) in [5.41, 5.74) is 7.12. The molecule has 4 nitrogen and oxygen atoms in total. The van der Waals surface area contributed by atoms with Crippen molar-refractivity contribution >= 4 is 10.9 Å². The first-order valence-corrected chi connectivity index (χ1v) is 3.67. The van der Waals surface area contributed by atoms with Crippen LogP contribution in [0.25, 0.3) is 10.9 Å². The fourth-order valence-electron chi connectivity index (χ4n) is 1.12. The molecule has 0 unspecified atom stereocenters. The highest BCUT2D eigenvalue weighted by Gasteiger charge is 1.99. The van der Waals surface area contributed by atoms with Gasteiger partial charge >= 0.3 is 0 Å². The third kappa shape index (κ3) is 1.02. The molecular formula is C8H8N4. The first-order chi connectivity index (χ1) is 5.92. The van der Waals surface area contributed by atoms with Crippen molar-refractivity contribution in [2.24, 2.45) is 5.73 Å². The highest BCUT2D eigenvalue weighted by atomic mass is 15.1. The number of aromatic nitrogens is 3. The van der Waals surface area contributed by atoms with Crippen LogP contribution in [0.1, 0.15) is 5.69 Å². The predicted molar refractivity (Wildman–Crippen MR) is 45.2 cm³/mol. The van der Waals surface area contributed by atoms with Gasteiger partial charge in [-0.3, -0.25) is 4.98 Å². The molecule has 2 heterocycles. The molecule has 2 aromatic rings. The number of rotatable bonds is 1. The van der Waals surface area contributed by atoms with Crippen molar-refractivity contribution in [2.75, 3.05) is 0 Å². The van der Waals surface area contributed by atoms with Gasteiger partial charge in [0.25, 0.3) is 0 Å². The molecule has 2 aromatic heterocycles. The van der Waals surface area contributed by atoms with E-state index in [1.807, 2.05) is 12.1 Å². The van der Waals surface area contributed by atoms with Crippen molar-refractivity contribution in [3.63, 3.8) is 0 Å². The monoisotopic (exact) mass is 160 g/mol. The Kier molecular flexibility index (Phi) is 1.68. The molecule has 0 atom stereocenters. The van der Waals surface area contributed by atoms with Crippen molar-refractivity contribution in [1.29, 1.82) is 0 Å². The third-order valence-electron chi connectivity index (χ3n) is 1.70. The van der Waals surface area contributed by atoms with Gasteiger partial charge in [0.1, 0.15) is 0 Å². The van der Waals surface area contributed by atoms with Crippen LogP contribution >= 0.6 is 0 Å². The molecule has 0 amide bonds. The van der Waals surface area contributed by atoms with Crippen LogP contribution < -0.4 is 5.73 Å². The Balaban J connectivity index is 2.79. The normalized spacial score (nSPS) is 10.4. The first-order valence-electron chi connectivity index (χ1n) is 3.67. The molecule has 0 aliphatic rings. The van der Waals surface area contributed by atoms with E-state index in [4.69, 9.17) is 5.73 Å². The van der Waals surface area contributed by atoms with Gasteiger partial charge in [0.15, 0.2) is 0 Å². The highest BCUT2D eigenvalue weighted by Crippen LogP contribution is 2.11. The maximum Gasteiger partial charge on any atom is 0.0922 e. The van der Waals surface area contributed by atoms with Crippen molar-refractivity contribution in [3.05, 3.63) is 30.2 Å². The third-order valence-corrected chi connectivity index (χ3v) is 1.70. The van der Waals surface area contributed by atoms with Gasteiger partial charge in [-0.05, 0) is 12.1 Å². The van der Waals surface area contributed by atoms with Crippen molar-refractivity contribution < 1.29 is 0 Å². The Morgan fingerprint density at radius 3 is 3.17 bits per heavy atom. The van der Waals surface area contributed by atoms with Gasteiger partial charge in [-0.15, -0.1) is 0 Å². The molecule has 0 aliphatic heterocycles. The lowest BCUT2D eigenvalue weighted by molar-refractivity contribution is 0.915. The lowest BCUT2D eigenvalue weighted by Gasteiger charge is -1.98. The lowest BCUT2D eigenvalue weighted by Crippen LogP contribution is -2.02. The van der Waals surface area contributed by atoms with E-state index < -0.39 is 0 Å². The summed E-state index contributed by atoms with van der Waals surface area (Å²) in [7, 11) is 0. The Hall–Kier alpha value is -1.55. The van der Waals surface area contributed by atoms with Crippen molar-refractivity contribution in [3.8, 4) is 0 Å². The summed E-state index contributed by atoms with van der Waals surface area (Å²) in [4.78, 5) is 4.13. The maximum absolute atomic E-state index is 5.49. The van der Waals surface area contributed by atoms with Gasteiger partial charge in [0, 0.05) is 18.1 Å². The second-order valence-corrected chi connectivity index (χ2v) is 2.43. The number of fused-ring (bicyclic) bond motifs is 1. The number of nitrogens with zero attached hydrogens (tertiary/aromatic N) is 3. The second-order valence-electron chi connectivity index (χ2n) is 2.43. The van der Waals surface area contributed by atoms with E-state index in [1.165, 1.54) is 0 Å². The summed E-state index contributed by atoms with van der Waals surface area (Å²) in [6.45, 7) is 0.399. The molecule has 60 valence electrons. The molecule has 0 bridgehead atoms. The van der Waals surface area contributed by atoms with Gasteiger partial charge in [0.05, 0.1) is 17.4 Å². The van der Waals surface area contributed by atoms with Gasteiger partial charge < -0.3 is 5.73 Å². The minimum absolute atomic E-state index is 0.399. The van der Waals surface area contributed by atoms with E-state index in [1.54, 1.807) is 12.4 Å². The minimum atomic E-state index is 0.399. The Morgan fingerprint density at radius 1 is 1.42 bits per heavy atom. The largest absolute Gasteiger partial charge is 0.325 e. The summed E-state index contributed by atoms with van der Waals surface area (Å²) in [6.07, 6.45) is 3.36. The summed E-state index contributed by atoms with van der Waals surface area (Å²) in [5.74, 6) is 0. The molecule has 12 heavy (non-hydrogen) atoms. The molecule has 0 aromatic carbocycles. The summed E-state index contributed by atoms with van der Waals surface area (Å²) < 4.78 is 0. The number of hydrogen-bond donors (Lipinski definition) is 1. The number of hydrogen-bond acceptors (Lipinski definition) is 4. The van der Waals surface area contributed by atoms with Crippen LogP contribution in [-0.4, -0.2) is 15.2 Å². The molecule has 0 radical (unpaired) electrons. The van der Waals surface area contributed by atoms with Crippen LogP contribution in [0.4, 0.5) is 0 Å². The second kappa shape index (κ2) is 2.83. The molecule has 0 saturated carbocycles. The quantitative estimate of drug-likeness (QED) is 0.659.